The summed E-state index contributed by atoms with van der Waals surface area (Å²) in [6, 6.07) is 17.7. The summed E-state index contributed by atoms with van der Waals surface area (Å²) in [7, 11) is 0. The van der Waals surface area contributed by atoms with E-state index in [2.05, 4.69) is 89.1 Å². The van der Waals surface area contributed by atoms with Gasteiger partial charge in [0.05, 0.1) is 0 Å². The van der Waals surface area contributed by atoms with Gasteiger partial charge in [0.15, 0.2) is 0 Å². The zero-order valence-corrected chi connectivity index (χ0v) is 18.0. The van der Waals surface area contributed by atoms with Crippen molar-refractivity contribution in [1.82, 2.24) is 0 Å². The van der Waals surface area contributed by atoms with Crippen LogP contribution in [0.25, 0.3) is 12.2 Å². The number of rotatable bonds is 2. The third kappa shape index (κ3) is 4.51. The fraction of sp³-hybridized carbons (Fsp3) is 0.158. The minimum Gasteiger partial charge on any atom is -1.00 e. The molecule has 2 radical (unpaired) electrons. The molecule has 4 heteroatoms. The van der Waals surface area contributed by atoms with Crippen molar-refractivity contribution in [3.8, 4) is 0 Å². The summed E-state index contributed by atoms with van der Waals surface area (Å²) in [6.45, 7) is 0. The first kappa shape index (κ1) is 21.0. The van der Waals surface area contributed by atoms with Crippen LogP contribution in [0.4, 0.5) is 0 Å². The molecule has 0 nitrogen and oxygen atoms in total. The van der Waals surface area contributed by atoms with Gasteiger partial charge in [0, 0.05) is 0 Å². The molecular formula is C19H17AlCl2Zr. The maximum absolute atomic E-state index is 2.44. The molecule has 0 spiro atoms. The van der Waals surface area contributed by atoms with Crippen LogP contribution in [0.5, 0.6) is 0 Å². The fourth-order valence-electron chi connectivity index (χ4n) is 2.98. The van der Waals surface area contributed by atoms with E-state index in [4.69, 9.17) is 0 Å². The molecule has 0 N–H and O–H groups in total. The van der Waals surface area contributed by atoms with Gasteiger partial charge < -0.3 is 24.8 Å². The van der Waals surface area contributed by atoms with Gasteiger partial charge in [0.1, 0.15) is 16.3 Å². The molecule has 2 aliphatic carbocycles. The number of allylic oxidation sites excluding steroid dienone is 2. The van der Waals surface area contributed by atoms with E-state index < -0.39 is 23.2 Å². The predicted octanol–water partition coefficient (Wildman–Crippen LogP) is -1.18. The van der Waals surface area contributed by atoms with Crippen molar-refractivity contribution in [1.29, 1.82) is 0 Å². The van der Waals surface area contributed by atoms with E-state index in [1.54, 1.807) is 11.1 Å². The van der Waals surface area contributed by atoms with E-state index in [1.807, 2.05) is 5.79 Å². The molecule has 2 aliphatic rings. The Bertz CT molecular complexity index is 638. The van der Waals surface area contributed by atoms with Gasteiger partial charge in [0.25, 0.3) is 0 Å². The number of hydrogen-bond acceptors (Lipinski definition) is 0. The first-order valence-corrected chi connectivity index (χ1v) is 11.3. The smallest absolute Gasteiger partial charge is 0.112 e. The van der Waals surface area contributed by atoms with Gasteiger partial charge in [-0.1, -0.05) is 0 Å². The molecule has 23 heavy (non-hydrogen) atoms. The Labute approximate surface area is 171 Å². The van der Waals surface area contributed by atoms with Crippen molar-refractivity contribution in [3.05, 3.63) is 82.9 Å². The van der Waals surface area contributed by atoms with Gasteiger partial charge in [-0.05, 0) is 0 Å². The first-order chi connectivity index (χ1) is 10.4. The molecule has 0 saturated heterocycles. The second-order valence-corrected chi connectivity index (χ2v) is 8.98. The number of halogens is 2. The van der Waals surface area contributed by atoms with Crippen LogP contribution < -0.4 is 24.8 Å². The Morgan fingerprint density at radius 2 is 1.09 bits per heavy atom. The van der Waals surface area contributed by atoms with Crippen molar-refractivity contribution >= 4 is 28.4 Å². The molecule has 0 heterocycles. The zero-order chi connectivity index (χ0) is 14.7. The monoisotopic (exact) mass is 432 g/mol. The Morgan fingerprint density at radius 1 is 0.696 bits per heavy atom. The van der Waals surface area contributed by atoms with E-state index in [-0.39, 0.29) is 24.8 Å². The standard InChI is InChI=1S/2C9H7.CH3.Al.2ClH.Zr/c2*1-2-5-9-7-3-6-8(9)4-1;;;;;/h2*1-7H;1H3;;2*1H;/q;;;;;;+2/p-2. The van der Waals surface area contributed by atoms with Crippen LogP contribution in [-0.4, -0.2) is 16.3 Å². The molecule has 0 aliphatic heterocycles. The summed E-state index contributed by atoms with van der Waals surface area (Å²) in [4.78, 5) is 0. The van der Waals surface area contributed by atoms with Gasteiger partial charge in [-0.25, -0.2) is 0 Å². The van der Waals surface area contributed by atoms with E-state index >= 15 is 0 Å². The third-order valence-electron chi connectivity index (χ3n) is 3.96. The molecule has 0 fully saturated rings. The Kier molecular flexibility index (Phi) is 9.14. The van der Waals surface area contributed by atoms with Gasteiger partial charge in [-0.2, -0.15) is 0 Å². The molecule has 0 bridgehead atoms. The summed E-state index contributed by atoms with van der Waals surface area (Å²) in [5.74, 6) is 1.92. The number of benzene rings is 2. The third-order valence-corrected chi connectivity index (χ3v) is 8.20. The molecule has 2 aromatic rings. The van der Waals surface area contributed by atoms with Crippen LogP contribution in [0.1, 0.15) is 29.5 Å². The molecule has 4 rings (SSSR count). The predicted molar refractivity (Wildman–Crippen MR) is 88.1 cm³/mol. The molecule has 0 aromatic heterocycles. The van der Waals surface area contributed by atoms with Crippen LogP contribution in [-0.2, 0) is 23.2 Å². The van der Waals surface area contributed by atoms with Gasteiger partial charge in [0.2, 0.25) is 0 Å². The SMILES string of the molecule is C1=C[CH]([Zr+2][CH]2C=Cc3ccccc32)c2ccccc21.[CH3][Al].[Cl-].[Cl-]. The molecule has 0 saturated carbocycles. The largest absolute Gasteiger partial charge is 1.00 e. The van der Waals surface area contributed by atoms with Crippen molar-refractivity contribution in [2.24, 2.45) is 0 Å². The van der Waals surface area contributed by atoms with Gasteiger partial charge >= 0.3 is 126 Å². The van der Waals surface area contributed by atoms with Crippen LogP contribution in [0, 0.1) is 0 Å². The fourth-order valence-corrected chi connectivity index (χ4v) is 7.13. The minimum atomic E-state index is -0.542. The van der Waals surface area contributed by atoms with E-state index in [1.165, 1.54) is 11.1 Å². The van der Waals surface area contributed by atoms with Crippen molar-refractivity contribution < 1.29 is 48.0 Å². The average molecular weight is 434 g/mol. The van der Waals surface area contributed by atoms with E-state index in [0.29, 0.717) is 0 Å². The second-order valence-electron chi connectivity index (χ2n) is 5.10. The van der Waals surface area contributed by atoms with E-state index in [0.717, 1.165) is 7.25 Å². The quantitative estimate of drug-likeness (QED) is 0.522. The van der Waals surface area contributed by atoms with Gasteiger partial charge in [-0.3, -0.25) is 0 Å². The summed E-state index contributed by atoms with van der Waals surface area (Å²) < 4.78 is 1.47. The molecular weight excluding hydrogens is 417 g/mol. The van der Waals surface area contributed by atoms with Crippen molar-refractivity contribution in [3.63, 3.8) is 0 Å². The molecule has 2 aromatic carbocycles. The van der Waals surface area contributed by atoms with Crippen LogP contribution in [0.15, 0.2) is 60.7 Å². The summed E-state index contributed by atoms with van der Waals surface area (Å²) >= 11 is 1.87. The molecule has 0 amide bonds. The summed E-state index contributed by atoms with van der Waals surface area (Å²) in [6.07, 6.45) is 9.49. The maximum Gasteiger partial charge on any atom is 0.112 e. The minimum absolute atomic E-state index is 0. The Hall–Kier alpha value is -0.0844. The molecule has 2 atom stereocenters. The molecule has 114 valence electrons. The van der Waals surface area contributed by atoms with E-state index in [9.17, 15) is 0 Å². The first-order valence-electron chi connectivity index (χ1n) is 7.30. The Morgan fingerprint density at radius 3 is 1.52 bits per heavy atom. The second kappa shape index (κ2) is 10.0. The maximum atomic E-state index is 2.44. The molecule has 2 unspecified atom stereocenters. The van der Waals surface area contributed by atoms with Crippen molar-refractivity contribution in [2.45, 2.75) is 13.0 Å². The van der Waals surface area contributed by atoms with Gasteiger partial charge in [-0.15, -0.1) is 5.79 Å². The average Bonchev–Trinajstić information content (AvgIpc) is 3.15. The number of hydrogen-bond donors (Lipinski definition) is 0. The zero-order valence-electron chi connectivity index (χ0n) is 12.9. The Balaban J connectivity index is 0.000000638. The summed E-state index contributed by atoms with van der Waals surface area (Å²) in [5, 5.41) is 0. The number of fused-ring (bicyclic) bond motifs is 2. The normalized spacial score (nSPS) is 18.5. The van der Waals surface area contributed by atoms with Crippen LogP contribution in [0.3, 0.4) is 0 Å². The van der Waals surface area contributed by atoms with Crippen molar-refractivity contribution in [2.75, 3.05) is 0 Å². The van der Waals surface area contributed by atoms with Crippen LogP contribution >= 0.6 is 0 Å². The topological polar surface area (TPSA) is 0 Å². The summed E-state index contributed by atoms with van der Waals surface area (Å²) in [5.41, 5.74) is 5.99. The van der Waals surface area contributed by atoms with Crippen LogP contribution in [0.2, 0.25) is 5.79 Å².